The van der Waals surface area contributed by atoms with Crippen LogP contribution in [0.2, 0.25) is 0 Å². The number of amides is 1. The van der Waals surface area contributed by atoms with Gasteiger partial charge in [0.15, 0.2) is 0 Å². The summed E-state index contributed by atoms with van der Waals surface area (Å²) in [7, 11) is -2.75. The summed E-state index contributed by atoms with van der Waals surface area (Å²) in [5, 5.41) is 3.16. The zero-order valence-corrected chi connectivity index (χ0v) is 20.1. The van der Waals surface area contributed by atoms with Crippen molar-refractivity contribution in [3.05, 3.63) is 60.1 Å². The Morgan fingerprint density at radius 1 is 1.15 bits per heavy atom. The van der Waals surface area contributed by atoms with E-state index in [1.165, 1.54) is 25.3 Å². The quantitative estimate of drug-likeness (QED) is 0.547. The molecule has 2 heterocycles. The van der Waals surface area contributed by atoms with Gasteiger partial charge in [-0.2, -0.15) is 0 Å². The maximum absolute atomic E-state index is 14.8. The van der Waals surface area contributed by atoms with E-state index in [4.69, 9.17) is 9.15 Å². The summed E-state index contributed by atoms with van der Waals surface area (Å²) >= 11 is 0. The van der Waals surface area contributed by atoms with Crippen molar-refractivity contribution in [2.45, 2.75) is 31.2 Å². The number of nitrogens with one attached hydrogen (secondary N) is 2. The Morgan fingerprint density at radius 2 is 1.91 bits per heavy atom. The molecule has 0 aliphatic carbocycles. The lowest BCUT2D eigenvalue weighted by Crippen LogP contribution is -2.61. The molecule has 0 radical (unpaired) electrons. The van der Waals surface area contributed by atoms with E-state index in [-0.39, 0.29) is 27.8 Å². The average Bonchev–Trinajstić information content (AvgIpc) is 3.21. The first-order valence-electron chi connectivity index (χ1n) is 10.7. The van der Waals surface area contributed by atoms with Gasteiger partial charge in [-0.1, -0.05) is 0 Å². The summed E-state index contributed by atoms with van der Waals surface area (Å²) in [4.78, 5) is 14.2. The molecule has 0 spiro atoms. The van der Waals surface area contributed by atoms with E-state index >= 15 is 0 Å². The number of hydrogen-bond donors (Lipinski definition) is 2. The van der Waals surface area contributed by atoms with Crippen molar-refractivity contribution >= 4 is 27.3 Å². The van der Waals surface area contributed by atoms with Gasteiger partial charge < -0.3 is 19.4 Å². The fourth-order valence-corrected chi connectivity index (χ4v) is 4.90. The molecule has 180 valence electrons. The smallest absolute Gasteiger partial charge is 0.262 e. The minimum absolute atomic E-state index is 0.135. The summed E-state index contributed by atoms with van der Waals surface area (Å²) in [6.07, 6.45) is 0. The molecule has 8 nitrogen and oxygen atoms in total. The fourth-order valence-electron chi connectivity index (χ4n) is 3.83. The van der Waals surface area contributed by atoms with Gasteiger partial charge in [0.25, 0.3) is 10.0 Å². The lowest BCUT2D eigenvalue weighted by atomic mass is 10.00. The van der Waals surface area contributed by atoms with Crippen LogP contribution in [-0.2, 0) is 14.8 Å². The van der Waals surface area contributed by atoms with E-state index in [1.54, 1.807) is 49.9 Å². The van der Waals surface area contributed by atoms with Crippen LogP contribution in [0, 0.1) is 12.7 Å². The van der Waals surface area contributed by atoms with Gasteiger partial charge >= 0.3 is 0 Å². The third-order valence-electron chi connectivity index (χ3n) is 5.68. The largest absolute Gasteiger partial charge is 0.495 e. The second-order valence-electron chi connectivity index (χ2n) is 8.55. The molecular formula is C24H26FN3O5S. The third-order valence-corrected chi connectivity index (χ3v) is 7.04. The first-order chi connectivity index (χ1) is 16.0. The number of hydrogen-bond acceptors (Lipinski definition) is 6. The van der Waals surface area contributed by atoms with Gasteiger partial charge in [0, 0.05) is 18.8 Å². The van der Waals surface area contributed by atoms with Crippen molar-refractivity contribution in [3.63, 3.8) is 0 Å². The van der Waals surface area contributed by atoms with Gasteiger partial charge in [-0.05, 0) is 69.3 Å². The normalized spacial score (nSPS) is 15.9. The third kappa shape index (κ3) is 4.51. The van der Waals surface area contributed by atoms with Gasteiger partial charge in [-0.3, -0.25) is 9.52 Å². The SMILES string of the molecule is COc1ccc(N2CCNC(C)(C)C2=O)cc1NS(=O)(=O)c1ccc(-c2ccc(C)o2)c(F)c1. The topological polar surface area (TPSA) is 101 Å². The zero-order valence-electron chi connectivity index (χ0n) is 19.3. The number of halogens is 1. The van der Waals surface area contributed by atoms with E-state index in [0.29, 0.717) is 30.3 Å². The minimum atomic E-state index is -4.16. The standard InChI is InChI=1S/C24H26FN3O5S/c1-15-5-9-21(33-15)18-8-7-17(14-19(18)25)34(30,31)27-20-13-16(6-10-22(20)32-4)28-12-11-26-24(2,3)23(28)29/h5-10,13-14,26-27H,11-12H2,1-4H3. The van der Waals surface area contributed by atoms with Crippen LogP contribution in [0.5, 0.6) is 5.75 Å². The molecule has 2 N–H and O–H groups in total. The van der Waals surface area contributed by atoms with Gasteiger partial charge in [-0.15, -0.1) is 0 Å². The highest BCUT2D eigenvalue weighted by Gasteiger charge is 2.36. The average molecular weight is 488 g/mol. The van der Waals surface area contributed by atoms with Crippen LogP contribution >= 0.6 is 0 Å². The zero-order chi connectivity index (χ0) is 24.7. The first kappa shape index (κ1) is 23.8. The number of piperazine rings is 1. The van der Waals surface area contributed by atoms with Crippen molar-refractivity contribution in [2.75, 3.05) is 29.8 Å². The van der Waals surface area contributed by atoms with Crippen LogP contribution in [0.15, 0.2) is 57.8 Å². The highest BCUT2D eigenvalue weighted by atomic mass is 32.2. The Balaban J connectivity index is 1.65. The number of methoxy groups -OCH3 is 1. The van der Waals surface area contributed by atoms with Crippen LogP contribution in [0.1, 0.15) is 19.6 Å². The van der Waals surface area contributed by atoms with E-state index in [2.05, 4.69) is 10.0 Å². The van der Waals surface area contributed by atoms with Crippen LogP contribution in [0.25, 0.3) is 11.3 Å². The monoisotopic (exact) mass is 487 g/mol. The van der Waals surface area contributed by atoms with Crippen LogP contribution < -0.4 is 19.7 Å². The Kier molecular flexibility index (Phi) is 6.13. The highest BCUT2D eigenvalue weighted by molar-refractivity contribution is 7.92. The Labute approximate surface area is 197 Å². The molecule has 1 amide bonds. The second kappa shape index (κ2) is 8.77. The van der Waals surface area contributed by atoms with Crippen molar-refractivity contribution in [2.24, 2.45) is 0 Å². The summed E-state index contributed by atoms with van der Waals surface area (Å²) in [5.74, 6) is 0.323. The van der Waals surface area contributed by atoms with Crippen molar-refractivity contribution in [1.82, 2.24) is 5.32 Å². The van der Waals surface area contributed by atoms with Crippen molar-refractivity contribution < 1.29 is 26.8 Å². The molecule has 1 fully saturated rings. The summed E-state index contributed by atoms with van der Waals surface area (Å²) in [5.41, 5.74) is 0.0680. The van der Waals surface area contributed by atoms with E-state index in [9.17, 15) is 17.6 Å². The molecule has 34 heavy (non-hydrogen) atoms. The molecule has 1 aliphatic rings. The number of ether oxygens (including phenoxy) is 1. The first-order valence-corrected chi connectivity index (χ1v) is 12.1. The number of benzene rings is 2. The molecule has 0 unspecified atom stereocenters. The van der Waals surface area contributed by atoms with Crippen molar-refractivity contribution in [1.29, 1.82) is 0 Å². The summed E-state index contributed by atoms with van der Waals surface area (Å²) in [6.45, 7) is 6.33. The van der Waals surface area contributed by atoms with E-state index < -0.39 is 21.4 Å². The molecule has 2 aromatic carbocycles. The molecule has 4 rings (SSSR count). The number of rotatable bonds is 6. The molecule has 10 heteroatoms. The minimum Gasteiger partial charge on any atom is -0.495 e. The summed E-state index contributed by atoms with van der Waals surface area (Å²) < 4.78 is 54.1. The predicted molar refractivity (Wildman–Crippen MR) is 127 cm³/mol. The Bertz CT molecular complexity index is 1350. The lowest BCUT2D eigenvalue weighted by molar-refractivity contribution is -0.124. The Morgan fingerprint density at radius 3 is 2.56 bits per heavy atom. The summed E-state index contributed by atoms with van der Waals surface area (Å²) in [6, 6.07) is 11.7. The fraction of sp³-hybridized carbons (Fsp3) is 0.292. The van der Waals surface area contributed by atoms with Crippen LogP contribution in [0.4, 0.5) is 15.8 Å². The van der Waals surface area contributed by atoms with Gasteiger partial charge in [0.1, 0.15) is 23.1 Å². The number of furan rings is 1. The van der Waals surface area contributed by atoms with Crippen LogP contribution in [-0.4, -0.2) is 40.1 Å². The molecule has 0 atom stereocenters. The molecular weight excluding hydrogens is 461 g/mol. The highest BCUT2D eigenvalue weighted by Crippen LogP contribution is 2.34. The van der Waals surface area contributed by atoms with Gasteiger partial charge in [0.2, 0.25) is 5.91 Å². The maximum atomic E-state index is 14.8. The number of carbonyl (C=O) groups is 1. The molecule has 1 aromatic heterocycles. The van der Waals surface area contributed by atoms with Gasteiger partial charge in [0.05, 0.1) is 28.8 Å². The van der Waals surface area contributed by atoms with E-state index in [0.717, 1.165) is 6.07 Å². The number of anilines is 2. The second-order valence-corrected chi connectivity index (χ2v) is 10.2. The molecule has 0 bridgehead atoms. The molecule has 0 saturated carbocycles. The number of sulfonamides is 1. The lowest BCUT2D eigenvalue weighted by Gasteiger charge is -2.38. The number of carbonyl (C=O) groups excluding carboxylic acids is 1. The molecule has 1 aliphatic heterocycles. The van der Waals surface area contributed by atoms with Crippen molar-refractivity contribution in [3.8, 4) is 17.1 Å². The maximum Gasteiger partial charge on any atom is 0.262 e. The molecule has 3 aromatic rings. The Hall–Kier alpha value is -3.37. The predicted octanol–water partition coefficient (Wildman–Crippen LogP) is 3.92. The number of aryl methyl sites for hydroxylation is 1. The van der Waals surface area contributed by atoms with Gasteiger partial charge in [-0.25, -0.2) is 12.8 Å². The van der Waals surface area contributed by atoms with E-state index in [1.807, 2.05) is 0 Å². The molecule has 1 saturated heterocycles. The number of nitrogens with zero attached hydrogens (tertiary/aromatic N) is 1. The van der Waals surface area contributed by atoms with Crippen LogP contribution in [0.3, 0.4) is 0 Å².